The maximum Gasteiger partial charge on any atom is 0.416 e. The Hall–Kier alpha value is -2.23. The summed E-state index contributed by atoms with van der Waals surface area (Å²) < 4.78 is 37.5. The number of nitrogens with one attached hydrogen (secondary N) is 2. The minimum absolute atomic E-state index is 0.0190. The Balaban J connectivity index is 2.69. The molecule has 0 aromatic heterocycles. The molecule has 0 aliphatic heterocycles. The van der Waals surface area contributed by atoms with E-state index < -0.39 is 23.8 Å². The Morgan fingerprint density at radius 1 is 1.45 bits per heavy atom. The number of benzene rings is 1. The summed E-state index contributed by atoms with van der Waals surface area (Å²) in [4.78, 5) is 11.6. The second kappa shape index (κ2) is 6.80. The molecule has 0 spiro atoms. The van der Waals surface area contributed by atoms with Crippen LogP contribution in [-0.2, 0) is 6.18 Å². The van der Waals surface area contributed by atoms with Crippen molar-refractivity contribution in [2.45, 2.75) is 32.0 Å². The fraction of sp³-hybridized carbons (Fsp3) is 0.385. The summed E-state index contributed by atoms with van der Waals surface area (Å²) in [5.41, 5.74) is -0.828. The molecule has 7 heteroatoms. The van der Waals surface area contributed by atoms with Gasteiger partial charge in [-0.15, -0.1) is 0 Å². The lowest BCUT2D eigenvalue weighted by molar-refractivity contribution is -0.137. The Morgan fingerprint density at radius 3 is 2.70 bits per heavy atom. The van der Waals surface area contributed by atoms with Crippen LogP contribution in [0.1, 0.15) is 25.3 Å². The number of amides is 2. The van der Waals surface area contributed by atoms with Gasteiger partial charge < -0.3 is 10.6 Å². The summed E-state index contributed by atoms with van der Waals surface area (Å²) in [5, 5.41) is 13.4. The summed E-state index contributed by atoms with van der Waals surface area (Å²) in [7, 11) is 0. The molecule has 1 rings (SSSR count). The number of urea groups is 1. The van der Waals surface area contributed by atoms with Crippen LogP contribution >= 0.6 is 0 Å². The van der Waals surface area contributed by atoms with Gasteiger partial charge in [0, 0.05) is 5.69 Å². The molecular formula is C13H14F3N3O. The molecule has 0 saturated heterocycles. The van der Waals surface area contributed by atoms with Gasteiger partial charge in [-0.3, -0.25) is 0 Å². The number of alkyl halides is 3. The molecule has 108 valence electrons. The number of halogens is 3. The highest BCUT2D eigenvalue weighted by Gasteiger charge is 2.30. The largest absolute Gasteiger partial charge is 0.416 e. The average molecular weight is 285 g/mol. The first kappa shape index (κ1) is 15.8. The number of rotatable bonds is 4. The average Bonchev–Trinajstić information content (AvgIpc) is 2.37. The summed E-state index contributed by atoms with van der Waals surface area (Å²) in [5.74, 6) is 0. The van der Waals surface area contributed by atoms with E-state index in [-0.39, 0.29) is 5.69 Å². The minimum atomic E-state index is -4.47. The van der Waals surface area contributed by atoms with Crippen molar-refractivity contribution < 1.29 is 18.0 Å². The molecule has 4 nitrogen and oxygen atoms in total. The van der Waals surface area contributed by atoms with Crippen LogP contribution < -0.4 is 10.6 Å². The number of carbonyl (C=O) groups is 1. The van der Waals surface area contributed by atoms with Gasteiger partial charge in [-0.1, -0.05) is 19.4 Å². The van der Waals surface area contributed by atoms with E-state index >= 15 is 0 Å². The molecule has 20 heavy (non-hydrogen) atoms. The molecule has 0 fully saturated rings. The van der Waals surface area contributed by atoms with Crippen molar-refractivity contribution in [3.8, 4) is 6.07 Å². The molecule has 1 aromatic carbocycles. The van der Waals surface area contributed by atoms with Crippen LogP contribution in [0.2, 0.25) is 0 Å². The maximum atomic E-state index is 12.5. The van der Waals surface area contributed by atoms with Crippen molar-refractivity contribution in [1.29, 1.82) is 5.26 Å². The fourth-order valence-electron chi connectivity index (χ4n) is 1.56. The third-order valence-electron chi connectivity index (χ3n) is 2.49. The van der Waals surface area contributed by atoms with Crippen LogP contribution in [0, 0.1) is 11.3 Å². The molecule has 1 unspecified atom stereocenters. The normalized spacial score (nSPS) is 12.3. The van der Waals surface area contributed by atoms with Gasteiger partial charge in [-0.05, 0) is 24.6 Å². The van der Waals surface area contributed by atoms with Crippen molar-refractivity contribution in [2.75, 3.05) is 5.32 Å². The van der Waals surface area contributed by atoms with Gasteiger partial charge in [0.2, 0.25) is 0 Å². The van der Waals surface area contributed by atoms with Crippen LogP contribution in [-0.4, -0.2) is 12.1 Å². The third-order valence-corrected chi connectivity index (χ3v) is 2.49. The van der Waals surface area contributed by atoms with Crippen molar-refractivity contribution in [3.63, 3.8) is 0 Å². The number of hydrogen-bond donors (Lipinski definition) is 2. The zero-order valence-corrected chi connectivity index (χ0v) is 10.8. The maximum absolute atomic E-state index is 12.5. The van der Waals surface area contributed by atoms with Crippen LogP contribution in [0.3, 0.4) is 0 Å². The minimum Gasteiger partial charge on any atom is -0.322 e. The predicted octanol–water partition coefficient (Wildman–Crippen LogP) is 3.52. The van der Waals surface area contributed by atoms with Gasteiger partial charge >= 0.3 is 12.2 Å². The summed E-state index contributed by atoms with van der Waals surface area (Å²) in [6, 6.07) is 4.83. The van der Waals surface area contributed by atoms with E-state index in [0.717, 1.165) is 12.1 Å². The van der Waals surface area contributed by atoms with Gasteiger partial charge in [-0.25, -0.2) is 4.79 Å². The standard InChI is InChI=1S/C13H14F3N3O/c1-2-4-11(8-17)19-12(20)18-10-6-3-5-9(7-10)13(14,15)16/h3,5-7,11H,2,4H2,1H3,(H2,18,19,20). The molecule has 0 heterocycles. The van der Waals surface area contributed by atoms with E-state index in [4.69, 9.17) is 5.26 Å². The highest BCUT2D eigenvalue weighted by Crippen LogP contribution is 2.30. The summed E-state index contributed by atoms with van der Waals surface area (Å²) >= 11 is 0. The lowest BCUT2D eigenvalue weighted by Crippen LogP contribution is -2.37. The highest BCUT2D eigenvalue weighted by atomic mass is 19.4. The van der Waals surface area contributed by atoms with Crippen LogP contribution in [0.25, 0.3) is 0 Å². The summed E-state index contributed by atoms with van der Waals surface area (Å²) in [6.07, 6.45) is -3.28. The lowest BCUT2D eigenvalue weighted by Gasteiger charge is -2.13. The molecule has 1 atom stereocenters. The first-order valence-electron chi connectivity index (χ1n) is 6.01. The Morgan fingerprint density at radius 2 is 2.15 bits per heavy atom. The molecule has 0 aliphatic carbocycles. The zero-order valence-electron chi connectivity index (χ0n) is 10.8. The molecule has 0 aliphatic rings. The zero-order chi connectivity index (χ0) is 15.2. The number of carbonyl (C=O) groups excluding carboxylic acids is 1. The second-order valence-corrected chi connectivity index (χ2v) is 4.15. The molecular weight excluding hydrogens is 271 g/mol. The number of hydrogen-bond acceptors (Lipinski definition) is 2. The predicted molar refractivity (Wildman–Crippen MR) is 67.9 cm³/mol. The molecule has 2 amide bonds. The smallest absolute Gasteiger partial charge is 0.322 e. The van der Waals surface area contributed by atoms with Crippen LogP contribution in [0.4, 0.5) is 23.7 Å². The van der Waals surface area contributed by atoms with E-state index in [1.807, 2.05) is 13.0 Å². The van der Waals surface area contributed by atoms with E-state index in [2.05, 4.69) is 10.6 Å². The van der Waals surface area contributed by atoms with Crippen molar-refractivity contribution in [1.82, 2.24) is 5.32 Å². The quantitative estimate of drug-likeness (QED) is 0.889. The van der Waals surface area contributed by atoms with Crippen molar-refractivity contribution in [2.24, 2.45) is 0 Å². The van der Waals surface area contributed by atoms with Gasteiger partial charge in [0.1, 0.15) is 6.04 Å². The third kappa shape index (κ3) is 4.80. The van der Waals surface area contributed by atoms with E-state index in [0.29, 0.717) is 12.8 Å². The first-order valence-corrected chi connectivity index (χ1v) is 6.01. The monoisotopic (exact) mass is 285 g/mol. The Labute approximate surface area is 114 Å². The fourth-order valence-corrected chi connectivity index (χ4v) is 1.56. The van der Waals surface area contributed by atoms with E-state index in [9.17, 15) is 18.0 Å². The topological polar surface area (TPSA) is 64.9 Å². The number of anilines is 1. The second-order valence-electron chi connectivity index (χ2n) is 4.15. The number of nitriles is 1. The van der Waals surface area contributed by atoms with Crippen molar-refractivity contribution in [3.05, 3.63) is 29.8 Å². The SMILES string of the molecule is CCCC(C#N)NC(=O)Nc1cccc(C(F)(F)F)c1. The van der Waals surface area contributed by atoms with Crippen LogP contribution in [0.5, 0.6) is 0 Å². The molecule has 0 bridgehead atoms. The molecule has 2 N–H and O–H groups in total. The Bertz CT molecular complexity index is 508. The van der Waals surface area contributed by atoms with Crippen LogP contribution in [0.15, 0.2) is 24.3 Å². The highest BCUT2D eigenvalue weighted by molar-refractivity contribution is 5.89. The van der Waals surface area contributed by atoms with Crippen molar-refractivity contribution >= 4 is 11.7 Å². The van der Waals surface area contributed by atoms with Gasteiger partial charge in [-0.2, -0.15) is 18.4 Å². The van der Waals surface area contributed by atoms with E-state index in [1.54, 1.807) is 0 Å². The lowest BCUT2D eigenvalue weighted by atomic mass is 10.2. The van der Waals surface area contributed by atoms with E-state index in [1.165, 1.54) is 12.1 Å². The van der Waals surface area contributed by atoms with Gasteiger partial charge in [0.05, 0.1) is 11.6 Å². The summed E-state index contributed by atoms with van der Waals surface area (Å²) in [6.45, 7) is 1.86. The molecule has 0 radical (unpaired) electrons. The number of nitrogens with zero attached hydrogens (tertiary/aromatic N) is 1. The Kier molecular flexibility index (Phi) is 5.38. The van der Waals surface area contributed by atoms with Gasteiger partial charge in [0.15, 0.2) is 0 Å². The molecule has 0 saturated carbocycles. The first-order chi connectivity index (χ1) is 9.36. The molecule has 1 aromatic rings. The van der Waals surface area contributed by atoms with Gasteiger partial charge in [0.25, 0.3) is 0 Å².